The Kier molecular flexibility index (Phi) is 6.77. The highest BCUT2D eigenvalue weighted by atomic mass is 16.6. The second-order valence-corrected chi connectivity index (χ2v) is 9.14. The van der Waals surface area contributed by atoms with Gasteiger partial charge in [0.2, 0.25) is 11.8 Å². The van der Waals surface area contributed by atoms with Crippen molar-refractivity contribution in [3.63, 3.8) is 0 Å². The number of amides is 4. The molecule has 1 N–H and O–H groups in total. The van der Waals surface area contributed by atoms with Crippen LogP contribution in [0, 0.1) is 0 Å². The Hall–Kier alpha value is -3.88. The van der Waals surface area contributed by atoms with Crippen molar-refractivity contribution in [2.45, 2.75) is 39.8 Å². The Morgan fingerprint density at radius 3 is 2.34 bits per heavy atom. The van der Waals surface area contributed by atoms with Gasteiger partial charge in [0.15, 0.2) is 0 Å². The number of benzene rings is 2. The minimum absolute atomic E-state index is 0.0544. The number of carbonyl (C=O) groups excluding carboxylic acids is 4. The maximum Gasteiger partial charge on any atom is 0.414 e. The molecule has 4 amide bonds. The molecule has 2 heterocycles. The van der Waals surface area contributed by atoms with E-state index in [1.54, 1.807) is 35.8 Å². The highest BCUT2D eigenvalue weighted by Crippen LogP contribution is 2.39. The number of rotatable bonds is 3. The number of piperazine rings is 1. The SMILES string of the molecule is CC(=O)N1c2ccc(-c3ccc(C(=O)N4CCNC(=O)C4)cc3)cc2N(C(=O)OC(C)C)CC1C. The lowest BCUT2D eigenvalue weighted by molar-refractivity contribution is -0.123. The molecule has 0 aliphatic carbocycles. The molecule has 1 atom stereocenters. The van der Waals surface area contributed by atoms with E-state index in [1.165, 1.54) is 11.8 Å². The predicted molar refractivity (Wildman–Crippen MR) is 132 cm³/mol. The van der Waals surface area contributed by atoms with Crippen molar-refractivity contribution >= 4 is 35.2 Å². The fraction of sp³-hybridized carbons (Fsp3) is 0.385. The van der Waals surface area contributed by atoms with Crippen molar-refractivity contribution in [3.05, 3.63) is 48.0 Å². The fourth-order valence-electron chi connectivity index (χ4n) is 4.52. The number of nitrogens with zero attached hydrogens (tertiary/aromatic N) is 3. The zero-order valence-corrected chi connectivity index (χ0v) is 20.4. The van der Waals surface area contributed by atoms with Gasteiger partial charge in [-0.05, 0) is 56.2 Å². The van der Waals surface area contributed by atoms with Crippen LogP contribution in [0.1, 0.15) is 38.1 Å². The van der Waals surface area contributed by atoms with Crippen LogP contribution >= 0.6 is 0 Å². The average Bonchev–Trinajstić information content (AvgIpc) is 2.82. The van der Waals surface area contributed by atoms with E-state index in [2.05, 4.69) is 5.32 Å². The van der Waals surface area contributed by atoms with Gasteiger partial charge >= 0.3 is 6.09 Å². The van der Waals surface area contributed by atoms with Crippen molar-refractivity contribution in [1.82, 2.24) is 10.2 Å². The second-order valence-electron chi connectivity index (χ2n) is 9.14. The summed E-state index contributed by atoms with van der Waals surface area (Å²) in [4.78, 5) is 54.4. The van der Waals surface area contributed by atoms with Crippen LogP contribution in [0.4, 0.5) is 16.2 Å². The van der Waals surface area contributed by atoms with Gasteiger partial charge < -0.3 is 19.9 Å². The number of anilines is 2. The highest BCUT2D eigenvalue weighted by molar-refractivity contribution is 6.03. The van der Waals surface area contributed by atoms with E-state index >= 15 is 0 Å². The molecule has 1 fully saturated rings. The third-order valence-corrected chi connectivity index (χ3v) is 6.10. The van der Waals surface area contributed by atoms with E-state index in [0.29, 0.717) is 36.6 Å². The molecule has 2 aliphatic rings. The Morgan fingerprint density at radius 1 is 1.03 bits per heavy atom. The Bertz CT molecular complexity index is 1160. The van der Waals surface area contributed by atoms with Gasteiger partial charge in [-0.15, -0.1) is 0 Å². The topological polar surface area (TPSA) is 99.3 Å². The predicted octanol–water partition coefficient (Wildman–Crippen LogP) is 3.03. The molecule has 0 saturated carbocycles. The highest BCUT2D eigenvalue weighted by Gasteiger charge is 2.35. The average molecular weight is 479 g/mol. The molecule has 0 spiro atoms. The molecular formula is C26H30N4O5. The number of fused-ring (bicyclic) bond motifs is 1. The Labute approximate surface area is 204 Å². The van der Waals surface area contributed by atoms with Crippen molar-refractivity contribution in [1.29, 1.82) is 0 Å². The second kappa shape index (κ2) is 9.77. The third-order valence-electron chi connectivity index (χ3n) is 6.10. The molecule has 1 saturated heterocycles. The van der Waals surface area contributed by atoms with Gasteiger partial charge in [0.25, 0.3) is 5.91 Å². The molecule has 9 heteroatoms. The summed E-state index contributed by atoms with van der Waals surface area (Å²) in [5.74, 6) is -0.451. The molecule has 2 aromatic rings. The van der Waals surface area contributed by atoms with Gasteiger partial charge in [0.1, 0.15) is 0 Å². The molecule has 0 aromatic heterocycles. The summed E-state index contributed by atoms with van der Waals surface area (Å²) in [6.45, 7) is 8.30. The van der Waals surface area contributed by atoms with Crippen LogP contribution in [-0.2, 0) is 14.3 Å². The summed E-state index contributed by atoms with van der Waals surface area (Å²) in [6, 6.07) is 12.5. The van der Waals surface area contributed by atoms with Gasteiger partial charge in [0, 0.05) is 32.1 Å². The Balaban J connectivity index is 1.65. The number of ether oxygens (including phenoxy) is 1. The van der Waals surface area contributed by atoms with E-state index in [-0.39, 0.29) is 36.4 Å². The van der Waals surface area contributed by atoms with Crippen LogP contribution < -0.4 is 15.1 Å². The number of hydrogen-bond donors (Lipinski definition) is 1. The number of nitrogens with one attached hydrogen (secondary N) is 1. The largest absolute Gasteiger partial charge is 0.446 e. The van der Waals surface area contributed by atoms with Crippen molar-refractivity contribution in [2.75, 3.05) is 36.0 Å². The minimum atomic E-state index is -0.458. The minimum Gasteiger partial charge on any atom is -0.446 e. The lowest BCUT2D eigenvalue weighted by Gasteiger charge is -2.40. The third kappa shape index (κ3) is 4.99. The van der Waals surface area contributed by atoms with E-state index in [0.717, 1.165) is 11.1 Å². The van der Waals surface area contributed by atoms with Gasteiger partial charge in [-0.2, -0.15) is 0 Å². The normalized spacial score (nSPS) is 17.7. The molecular weight excluding hydrogens is 448 g/mol. The molecule has 184 valence electrons. The summed E-state index contributed by atoms with van der Waals surface area (Å²) >= 11 is 0. The zero-order chi connectivity index (χ0) is 25.3. The number of hydrogen-bond acceptors (Lipinski definition) is 5. The summed E-state index contributed by atoms with van der Waals surface area (Å²) in [5, 5.41) is 2.71. The van der Waals surface area contributed by atoms with Crippen LogP contribution in [0.5, 0.6) is 0 Å². The fourth-order valence-corrected chi connectivity index (χ4v) is 4.52. The van der Waals surface area contributed by atoms with Crippen LogP contribution in [0.15, 0.2) is 42.5 Å². The first-order valence-corrected chi connectivity index (χ1v) is 11.7. The summed E-state index contributed by atoms with van der Waals surface area (Å²) in [5.41, 5.74) is 3.43. The van der Waals surface area contributed by atoms with Gasteiger partial charge in [-0.25, -0.2) is 4.79 Å². The van der Waals surface area contributed by atoms with Gasteiger partial charge in [-0.1, -0.05) is 18.2 Å². The van der Waals surface area contributed by atoms with Gasteiger partial charge in [0.05, 0.1) is 30.1 Å². The molecule has 2 aromatic carbocycles. The van der Waals surface area contributed by atoms with E-state index < -0.39 is 6.09 Å². The summed E-state index contributed by atoms with van der Waals surface area (Å²) in [6.07, 6.45) is -0.730. The van der Waals surface area contributed by atoms with E-state index in [4.69, 9.17) is 4.74 Å². The van der Waals surface area contributed by atoms with Crippen LogP contribution in [-0.4, -0.2) is 67.0 Å². The van der Waals surface area contributed by atoms with Crippen LogP contribution in [0.2, 0.25) is 0 Å². The van der Waals surface area contributed by atoms with Crippen LogP contribution in [0.25, 0.3) is 11.1 Å². The van der Waals surface area contributed by atoms with Crippen molar-refractivity contribution in [3.8, 4) is 11.1 Å². The molecule has 1 unspecified atom stereocenters. The monoisotopic (exact) mass is 478 g/mol. The molecule has 2 aliphatic heterocycles. The van der Waals surface area contributed by atoms with Crippen LogP contribution in [0.3, 0.4) is 0 Å². The lowest BCUT2D eigenvalue weighted by atomic mass is 9.99. The smallest absolute Gasteiger partial charge is 0.414 e. The first-order chi connectivity index (χ1) is 16.7. The number of carbonyl (C=O) groups is 4. The van der Waals surface area contributed by atoms with Crippen molar-refractivity contribution in [2.24, 2.45) is 0 Å². The quantitative estimate of drug-likeness (QED) is 0.731. The summed E-state index contributed by atoms with van der Waals surface area (Å²) in [7, 11) is 0. The first-order valence-electron chi connectivity index (χ1n) is 11.7. The Morgan fingerprint density at radius 2 is 1.71 bits per heavy atom. The molecule has 4 rings (SSSR count). The summed E-state index contributed by atoms with van der Waals surface area (Å²) < 4.78 is 5.46. The van der Waals surface area contributed by atoms with E-state index in [9.17, 15) is 19.2 Å². The molecule has 0 bridgehead atoms. The maximum atomic E-state index is 12.9. The first kappa shape index (κ1) is 24.3. The molecule has 0 radical (unpaired) electrons. The standard InChI is InChI=1S/C26H30N4O5/c1-16(2)35-26(34)29-14-17(3)30(18(4)31)22-10-9-21(13-23(22)29)19-5-7-20(8-6-19)25(33)28-12-11-27-24(32)15-28/h5-10,13,16-17H,11-12,14-15H2,1-4H3,(H,27,32). The van der Waals surface area contributed by atoms with Crippen molar-refractivity contribution < 1.29 is 23.9 Å². The van der Waals surface area contributed by atoms with E-state index in [1.807, 2.05) is 37.3 Å². The maximum absolute atomic E-state index is 12.9. The molecule has 9 nitrogen and oxygen atoms in total. The zero-order valence-electron chi connectivity index (χ0n) is 20.4. The molecule has 35 heavy (non-hydrogen) atoms. The van der Waals surface area contributed by atoms with Gasteiger partial charge in [-0.3, -0.25) is 19.3 Å². The lowest BCUT2D eigenvalue weighted by Crippen LogP contribution is -2.51.